The summed E-state index contributed by atoms with van der Waals surface area (Å²) in [6.07, 6.45) is 1.06. The zero-order valence-electron chi connectivity index (χ0n) is 21.6. The van der Waals surface area contributed by atoms with Crippen LogP contribution in [0.3, 0.4) is 0 Å². The highest BCUT2D eigenvalue weighted by Crippen LogP contribution is 2.12. The monoisotopic (exact) mass is 568 g/mol. The first kappa shape index (κ1) is 33.2. The van der Waals surface area contributed by atoms with Crippen molar-refractivity contribution in [3.63, 3.8) is 0 Å². The maximum Gasteiger partial charge on any atom is 0.326 e. The Morgan fingerprint density at radius 1 is 0.795 bits per heavy atom. The molecule has 0 saturated heterocycles. The lowest BCUT2D eigenvalue weighted by Gasteiger charge is -2.25. The Bertz CT molecular complexity index is 1020. The van der Waals surface area contributed by atoms with Crippen molar-refractivity contribution in [2.24, 2.45) is 17.2 Å². The molecule has 0 radical (unpaired) electrons. The maximum atomic E-state index is 13.2. The van der Waals surface area contributed by atoms with E-state index in [2.05, 4.69) is 16.0 Å². The van der Waals surface area contributed by atoms with Crippen LogP contribution in [0.25, 0.3) is 0 Å². The summed E-state index contributed by atoms with van der Waals surface area (Å²) >= 11 is 1.48. The van der Waals surface area contributed by atoms with E-state index < -0.39 is 59.7 Å². The van der Waals surface area contributed by atoms with Crippen molar-refractivity contribution in [3.05, 3.63) is 29.8 Å². The number of carbonyl (C=O) groups is 6. The molecule has 216 valence electrons. The molecular weight excluding hydrogens is 532 g/mol. The second-order valence-electron chi connectivity index (χ2n) is 8.79. The van der Waals surface area contributed by atoms with E-state index in [0.29, 0.717) is 17.7 Å². The summed E-state index contributed by atoms with van der Waals surface area (Å²) < 4.78 is 0. The van der Waals surface area contributed by atoms with E-state index in [0.717, 1.165) is 0 Å². The average molecular weight is 569 g/mol. The lowest BCUT2D eigenvalue weighted by atomic mass is 10.0. The number of carbonyl (C=O) groups excluding carboxylic acids is 5. The summed E-state index contributed by atoms with van der Waals surface area (Å²) in [4.78, 5) is 72.9. The minimum Gasteiger partial charge on any atom is -0.508 e. The van der Waals surface area contributed by atoms with Gasteiger partial charge in [0.05, 0.1) is 6.04 Å². The molecule has 4 atom stereocenters. The number of carboxylic acids is 1. The van der Waals surface area contributed by atoms with Gasteiger partial charge in [0, 0.05) is 19.3 Å². The smallest absolute Gasteiger partial charge is 0.326 e. The summed E-state index contributed by atoms with van der Waals surface area (Å²) in [5.41, 5.74) is 16.7. The van der Waals surface area contributed by atoms with Crippen molar-refractivity contribution < 1.29 is 39.0 Å². The minimum atomic E-state index is -1.47. The molecule has 0 heterocycles. The van der Waals surface area contributed by atoms with Crippen molar-refractivity contribution in [1.82, 2.24) is 16.0 Å². The van der Waals surface area contributed by atoms with Gasteiger partial charge >= 0.3 is 5.97 Å². The van der Waals surface area contributed by atoms with E-state index in [1.807, 2.05) is 6.26 Å². The van der Waals surface area contributed by atoms with Gasteiger partial charge in [-0.1, -0.05) is 12.1 Å². The van der Waals surface area contributed by atoms with Gasteiger partial charge in [-0.15, -0.1) is 0 Å². The van der Waals surface area contributed by atoms with Crippen molar-refractivity contribution in [3.8, 4) is 5.75 Å². The predicted octanol–water partition coefficient (Wildman–Crippen LogP) is -1.91. The Kier molecular flexibility index (Phi) is 14.4. The highest BCUT2D eigenvalue weighted by Gasteiger charge is 2.31. The molecule has 0 aromatic heterocycles. The van der Waals surface area contributed by atoms with Gasteiger partial charge in [0.15, 0.2) is 0 Å². The van der Waals surface area contributed by atoms with Crippen LogP contribution in [-0.4, -0.2) is 81.9 Å². The molecule has 5 amide bonds. The summed E-state index contributed by atoms with van der Waals surface area (Å²) in [7, 11) is 0. The van der Waals surface area contributed by atoms with Crippen LogP contribution >= 0.6 is 11.8 Å². The Labute approximate surface area is 229 Å². The standard InChI is InChI=1S/C24H36N6O8S/c1-39-11-10-15(25)21(34)28-16(6-8-19(26)32)22(35)30-18(12-13-2-4-14(31)5-3-13)23(36)29-17(24(37)38)7-9-20(27)33/h2-5,15-18,31H,6-12,25H2,1H3,(H2,26,32)(H2,27,33)(H,28,34)(H,29,36)(H,30,35)(H,37,38). The number of rotatable bonds is 18. The first-order chi connectivity index (χ1) is 18.3. The summed E-state index contributed by atoms with van der Waals surface area (Å²) in [6.45, 7) is 0. The molecule has 0 aliphatic carbocycles. The van der Waals surface area contributed by atoms with Crippen LogP contribution in [0.5, 0.6) is 5.75 Å². The molecule has 0 bridgehead atoms. The van der Waals surface area contributed by atoms with Gasteiger partial charge in [-0.2, -0.15) is 11.8 Å². The molecule has 0 saturated carbocycles. The highest BCUT2D eigenvalue weighted by atomic mass is 32.2. The lowest BCUT2D eigenvalue weighted by Crippen LogP contribution is -2.57. The summed E-state index contributed by atoms with van der Waals surface area (Å²) in [5.74, 6) is -4.67. The predicted molar refractivity (Wildman–Crippen MR) is 143 cm³/mol. The minimum absolute atomic E-state index is 0.0341. The van der Waals surface area contributed by atoms with Crippen LogP contribution in [0.1, 0.15) is 37.7 Å². The van der Waals surface area contributed by atoms with E-state index >= 15 is 0 Å². The van der Waals surface area contributed by atoms with Crippen LogP contribution in [0.4, 0.5) is 0 Å². The number of thioether (sulfide) groups is 1. The van der Waals surface area contributed by atoms with E-state index in [-0.39, 0.29) is 37.9 Å². The van der Waals surface area contributed by atoms with Gasteiger partial charge in [-0.25, -0.2) is 4.79 Å². The number of hydrogen-bond donors (Lipinski definition) is 8. The van der Waals surface area contributed by atoms with Gasteiger partial charge in [0.1, 0.15) is 23.9 Å². The largest absolute Gasteiger partial charge is 0.508 e. The van der Waals surface area contributed by atoms with Gasteiger partial charge in [0.25, 0.3) is 0 Å². The number of carboxylic acid groups (broad SMARTS) is 1. The number of nitrogens with one attached hydrogen (secondary N) is 3. The van der Waals surface area contributed by atoms with Crippen LogP contribution in [-0.2, 0) is 35.2 Å². The summed E-state index contributed by atoms with van der Waals surface area (Å²) in [6, 6.07) is 0.737. The first-order valence-electron chi connectivity index (χ1n) is 12.1. The van der Waals surface area contributed by atoms with Crippen LogP contribution < -0.4 is 33.2 Å². The van der Waals surface area contributed by atoms with Gasteiger partial charge in [0.2, 0.25) is 29.5 Å². The molecular formula is C24H36N6O8S. The molecule has 4 unspecified atom stereocenters. The fourth-order valence-corrected chi connectivity index (χ4v) is 3.87. The van der Waals surface area contributed by atoms with Gasteiger partial charge in [-0.05, 0) is 49.0 Å². The second kappa shape index (κ2) is 16.9. The second-order valence-corrected chi connectivity index (χ2v) is 9.78. The number of phenolic OH excluding ortho intramolecular Hbond substituents is 1. The zero-order chi connectivity index (χ0) is 29.5. The average Bonchev–Trinajstić information content (AvgIpc) is 2.87. The molecule has 0 spiro atoms. The van der Waals surface area contributed by atoms with E-state index in [9.17, 15) is 39.0 Å². The Morgan fingerprint density at radius 2 is 1.28 bits per heavy atom. The van der Waals surface area contributed by atoms with Crippen molar-refractivity contribution in [2.45, 2.75) is 62.7 Å². The van der Waals surface area contributed by atoms with E-state index in [1.54, 1.807) is 0 Å². The topological polar surface area (TPSA) is 257 Å². The highest BCUT2D eigenvalue weighted by molar-refractivity contribution is 7.98. The number of nitrogens with two attached hydrogens (primary N) is 3. The molecule has 0 aliphatic rings. The van der Waals surface area contributed by atoms with Crippen LogP contribution in [0, 0.1) is 0 Å². The number of aliphatic carboxylic acids is 1. The third-order valence-corrected chi connectivity index (χ3v) is 6.23. The lowest BCUT2D eigenvalue weighted by molar-refractivity contribution is -0.142. The summed E-state index contributed by atoms with van der Waals surface area (Å²) in [5, 5.41) is 26.3. The quantitative estimate of drug-likeness (QED) is 0.0974. The number of aromatic hydroxyl groups is 1. The molecule has 15 heteroatoms. The molecule has 1 rings (SSSR count). The third kappa shape index (κ3) is 13.0. The number of primary amides is 2. The number of amides is 5. The Balaban J connectivity index is 3.16. The number of hydrogen-bond acceptors (Lipinski definition) is 9. The molecule has 1 aromatic carbocycles. The molecule has 0 fully saturated rings. The molecule has 0 aliphatic heterocycles. The molecule has 14 nitrogen and oxygen atoms in total. The van der Waals surface area contributed by atoms with Crippen molar-refractivity contribution in [1.29, 1.82) is 0 Å². The van der Waals surface area contributed by atoms with Crippen molar-refractivity contribution >= 4 is 47.3 Å². The zero-order valence-corrected chi connectivity index (χ0v) is 22.4. The van der Waals surface area contributed by atoms with Gasteiger partial charge < -0.3 is 43.4 Å². The first-order valence-corrected chi connectivity index (χ1v) is 13.5. The van der Waals surface area contributed by atoms with Crippen LogP contribution in [0.15, 0.2) is 24.3 Å². The fourth-order valence-electron chi connectivity index (χ4n) is 3.38. The molecule has 1 aromatic rings. The van der Waals surface area contributed by atoms with Crippen LogP contribution in [0.2, 0.25) is 0 Å². The molecule has 11 N–H and O–H groups in total. The third-order valence-electron chi connectivity index (χ3n) is 5.59. The fraction of sp³-hybridized carbons (Fsp3) is 0.500. The number of phenols is 1. The Hall–Kier alpha value is -3.85. The van der Waals surface area contributed by atoms with E-state index in [1.165, 1.54) is 36.0 Å². The van der Waals surface area contributed by atoms with Crippen molar-refractivity contribution in [2.75, 3.05) is 12.0 Å². The normalized spacial score (nSPS) is 13.8. The van der Waals surface area contributed by atoms with E-state index in [4.69, 9.17) is 17.2 Å². The number of benzene rings is 1. The van der Waals surface area contributed by atoms with Gasteiger partial charge in [-0.3, -0.25) is 24.0 Å². The molecule has 39 heavy (non-hydrogen) atoms. The maximum absolute atomic E-state index is 13.2. The Morgan fingerprint density at radius 3 is 1.79 bits per heavy atom. The SMILES string of the molecule is CSCCC(N)C(=O)NC(CCC(N)=O)C(=O)NC(Cc1ccc(O)cc1)C(=O)NC(CCC(N)=O)C(=O)O.